The Kier molecular flexibility index (Phi) is 3.58. The van der Waals surface area contributed by atoms with E-state index < -0.39 is 0 Å². The number of aliphatic imine (C=N–C) groups is 1. The lowest BCUT2D eigenvalue weighted by molar-refractivity contribution is 0.100. The molecule has 0 N–H and O–H groups in total. The Hall–Kier alpha value is -2.15. The number of hydrogen-bond donors (Lipinski definition) is 0. The third-order valence-corrected chi connectivity index (χ3v) is 1.67. The number of carbonyl (C=O) groups excluding carboxylic acids is 1. The summed E-state index contributed by atoms with van der Waals surface area (Å²) in [6.45, 7) is 0. The average Bonchev–Trinajstić information content (AvgIpc) is 2.26. The maximum atomic E-state index is 11.4. The highest BCUT2D eigenvalue weighted by molar-refractivity contribution is 5.98. The van der Waals surface area contributed by atoms with Gasteiger partial charge in [0.2, 0.25) is 0 Å². The molecule has 1 aromatic rings. The first-order valence-corrected chi connectivity index (χ1v) is 4.38. The summed E-state index contributed by atoms with van der Waals surface area (Å²) in [6, 6.07) is 8.36. The van der Waals surface area contributed by atoms with Crippen LogP contribution in [-0.4, -0.2) is 31.2 Å². The van der Waals surface area contributed by atoms with E-state index >= 15 is 0 Å². The van der Waals surface area contributed by atoms with E-state index in [9.17, 15) is 4.79 Å². The molecule has 0 aliphatic rings. The Labute approximate surface area is 88.5 Å². The van der Waals surface area contributed by atoms with Crippen LogP contribution in [0.25, 0.3) is 0 Å². The fraction of sp³-hybridized carbons (Fsp3) is 0.182. The molecule has 0 heterocycles. The normalized spacial score (nSPS) is 9.93. The molecule has 0 spiro atoms. The quantitative estimate of drug-likeness (QED) is 0.535. The minimum Gasteiger partial charge on any atom is -0.369 e. The van der Waals surface area contributed by atoms with Crippen molar-refractivity contribution in [3.8, 4) is 6.07 Å². The van der Waals surface area contributed by atoms with E-state index in [0.29, 0.717) is 11.1 Å². The monoisotopic (exact) mass is 201 g/mol. The van der Waals surface area contributed by atoms with Crippen LogP contribution in [0.15, 0.2) is 29.3 Å². The summed E-state index contributed by atoms with van der Waals surface area (Å²) < 4.78 is 0. The van der Waals surface area contributed by atoms with Crippen molar-refractivity contribution in [3.05, 3.63) is 35.4 Å². The molecule has 0 saturated heterocycles. The first-order valence-electron chi connectivity index (χ1n) is 4.38. The molecule has 0 aliphatic carbocycles. The van der Waals surface area contributed by atoms with Gasteiger partial charge in [-0.25, -0.2) is 0 Å². The number of nitriles is 1. The van der Waals surface area contributed by atoms with Crippen molar-refractivity contribution in [3.63, 3.8) is 0 Å². The lowest BCUT2D eigenvalue weighted by Gasteiger charge is -2.01. The summed E-state index contributed by atoms with van der Waals surface area (Å²) in [5, 5.41) is 8.57. The van der Waals surface area contributed by atoms with Crippen molar-refractivity contribution in [2.45, 2.75) is 0 Å². The molecular weight excluding hydrogens is 190 g/mol. The molecular formula is C11H11N3O. The van der Waals surface area contributed by atoms with Crippen LogP contribution < -0.4 is 0 Å². The van der Waals surface area contributed by atoms with Crippen LogP contribution in [0.3, 0.4) is 0 Å². The molecule has 0 bridgehead atoms. The summed E-state index contributed by atoms with van der Waals surface area (Å²) in [5.41, 5.74) is 1.01. The van der Waals surface area contributed by atoms with Gasteiger partial charge in [0.1, 0.15) is 0 Å². The Morgan fingerprint density at radius 1 is 1.40 bits per heavy atom. The lowest BCUT2D eigenvalue weighted by Crippen LogP contribution is -2.09. The van der Waals surface area contributed by atoms with Gasteiger partial charge < -0.3 is 4.90 Å². The SMILES string of the molecule is CN(C)/C=N/C(=O)c1ccc(C#N)cc1. The third kappa shape index (κ3) is 3.24. The van der Waals surface area contributed by atoms with Crippen LogP contribution in [0, 0.1) is 11.3 Å². The van der Waals surface area contributed by atoms with E-state index in [0.717, 1.165) is 0 Å². The minimum atomic E-state index is -0.312. The fourth-order valence-electron chi connectivity index (χ4n) is 0.930. The van der Waals surface area contributed by atoms with Crippen molar-refractivity contribution in [1.82, 2.24) is 4.90 Å². The van der Waals surface area contributed by atoms with Crippen LogP contribution in [0.4, 0.5) is 0 Å². The van der Waals surface area contributed by atoms with Gasteiger partial charge in [0, 0.05) is 19.7 Å². The first kappa shape index (κ1) is 10.9. The summed E-state index contributed by atoms with van der Waals surface area (Å²) in [5.74, 6) is -0.312. The molecule has 1 aromatic carbocycles. The molecule has 4 heteroatoms. The van der Waals surface area contributed by atoms with Gasteiger partial charge in [0.15, 0.2) is 0 Å². The van der Waals surface area contributed by atoms with Crippen molar-refractivity contribution in [2.24, 2.45) is 4.99 Å². The Bertz CT molecular complexity index is 412. The number of carbonyl (C=O) groups is 1. The molecule has 4 nitrogen and oxygen atoms in total. The van der Waals surface area contributed by atoms with Crippen LogP contribution in [0.2, 0.25) is 0 Å². The fourth-order valence-corrected chi connectivity index (χ4v) is 0.930. The van der Waals surface area contributed by atoms with Crippen LogP contribution >= 0.6 is 0 Å². The predicted octanol–water partition coefficient (Wildman–Crippen LogP) is 1.29. The highest BCUT2D eigenvalue weighted by Gasteiger charge is 2.02. The van der Waals surface area contributed by atoms with Crippen LogP contribution in [0.5, 0.6) is 0 Å². The maximum absolute atomic E-state index is 11.4. The highest BCUT2D eigenvalue weighted by atomic mass is 16.1. The Morgan fingerprint density at radius 3 is 2.47 bits per heavy atom. The van der Waals surface area contributed by atoms with Crippen molar-refractivity contribution in [2.75, 3.05) is 14.1 Å². The average molecular weight is 201 g/mol. The van der Waals surface area contributed by atoms with Gasteiger partial charge >= 0.3 is 0 Å². The minimum absolute atomic E-state index is 0.312. The molecule has 15 heavy (non-hydrogen) atoms. The number of amides is 1. The van der Waals surface area contributed by atoms with E-state index in [4.69, 9.17) is 5.26 Å². The van der Waals surface area contributed by atoms with E-state index in [1.165, 1.54) is 6.34 Å². The molecule has 1 amide bonds. The zero-order valence-corrected chi connectivity index (χ0v) is 8.64. The molecule has 0 atom stereocenters. The van der Waals surface area contributed by atoms with Gasteiger partial charge in [0.25, 0.3) is 5.91 Å². The molecule has 0 aliphatic heterocycles. The molecule has 0 aromatic heterocycles. The van der Waals surface area contributed by atoms with Crippen molar-refractivity contribution in [1.29, 1.82) is 5.26 Å². The molecule has 0 fully saturated rings. The van der Waals surface area contributed by atoms with Crippen molar-refractivity contribution < 1.29 is 4.79 Å². The second-order valence-corrected chi connectivity index (χ2v) is 3.20. The van der Waals surface area contributed by atoms with Gasteiger partial charge in [-0.3, -0.25) is 4.79 Å². The zero-order valence-electron chi connectivity index (χ0n) is 8.64. The number of rotatable bonds is 2. The molecule has 0 unspecified atom stereocenters. The number of nitrogens with zero attached hydrogens (tertiary/aromatic N) is 3. The maximum Gasteiger partial charge on any atom is 0.278 e. The van der Waals surface area contributed by atoms with Gasteiger partial charge in [-0.05, 0) is 24.3 Å². The first-order chi connectivity index (χ1) is 7.13. The third-order valence-electron chi connectivity index (χ3n) is 1.67. The largest absolute Gasteiger partial charge is 0.369 e. The second-order valence-electron chi connectivity index (χ2n) is 3.20. The van der Waals surface area contributed by atoms with Gasteiger partial charge in [0.05, 0.1) is 18.0 Å². The number of benzene rings is 1. The molecule has 0 saturated carbocycles. The predicted molar refractivity (Wildman–Crippen MR) is 57.7 cm³/mol. The molecule has 0 radical (unpaired) electrons. The molecule has 76 valence electrons. The van der Waals surface area contributed by atoms with Crippen molar-refractivity contribution >= 4 is 12.2 Å². The zero-order chi connectivity index (χ0) is 11.3. The second kappa shape index (κ2) is 4.91. The smallest absolute Gasteiger partial charge is 0.278 e. The summed E-state index contributed by atoms with van der Waals surface area (Å²) in [4.78, 5) is 16.9. The Balaban J connectivity index is 2.80. The molecule has 1 rings (SSSR count). The van der Waals surface area contributed by atoms with E-state index in [1.807, 2.05) is 6.07 Å². The van der Waals surface area contributed by atoms with Gasteiger partial charge in [-0.1, -0.05) is 0 Å². The van der Waals surface area contributed by atoms with E-state index in [1.54, 1.807) is 43.3 Å². The summed E-state index contributed by atoms with van der Waals surface area (Å²) >= 11 is 0. The number of hydrogen-bond acceptors (Lipinski definition) is 2. The van der Waals surface area contributed by atoms with Gasteiger partial charge in [-0.2, -0.15) is 10.3 Å². The highest BCUT2D eigenvalue weighted by Crippen LogP contribution is 2.04. The van der Waals surface area contributed by atoms with Gasteiger partial charge in [-0.15, -0.1) is 0 Å². The topological polar surface area (TPSA) is 56.5 Å². The van der Waals surface area contributed by atoms with Crippen LogP contribution in [0.1, 0.15) is 15.9 Å². The van der Waals surface area contributed by atoms with E-state index in [2.05, 4.69) is 4.99 Å². The standard InChI is InChI=1S/C11H11N3O/c1-14(2)8-13-11(15)10-5-3-9(7-12)4-6-10/h3-6,8H,1-2H3/b13-8+. The van der Waals surface area contributed by atoms with E-state index in [-0.39, 0.29) is 5.91 Å². The lowest BCUT2D eigenvalue weighted by atomic mass is 10.1. The summed E-state index contributed by atoms with van der Waals surface area (Å²) in [6.07, 6.45) is 1.44. The Morgan fingerprint density at radius 2 is 2.00 bits per heavy atom. The summed E-state index contributed by atoms with van der Waals surface area (Å²) in [7, 11) is 3.57. The van der Waals surface area contributed by atoms with Crippen LogP contribution in [-0.2, 0) is 0 Å².